The third-order valence-electron chi connectivity index (χ3n) is 2.10. The van der Waals surface area contributed by atoms with Crippen LogP contribution in [0.2, 0.25) is 0 Å². The van der Waals surface area contributed by atoms with Crippen LogP contribution in [0.5, 0.6) is 0 Å². The van der Waals surface area contributed by atoms with E-state index in [4.69, 9.17) is 0 Å². The molecule has 17 heavy (non-hydrogen) atoms. The monoisotopic (exact) mass is 234 g/mol. The molecule has 0 heteroatoms. The van der Waals surface area contributed by atoms with Crippen molar-refractivity contribution >= 4 is 5.57 Å². The van der Waals surface area contributed by atoms with Crippen LogP contribution in [0.1, 0.15) is 63.3 Å². The second kappa shape index (κ2) is 10.1. The van der Waals surface area contributed by atoms with Gasteiger partial charge in [0.25, 0.3) is 0 Å². The minimum Gasteiger partial charge on any atom is -0.0955 e. The zero-order valence-corrected chi connectivity index (χ0v) is 13.1. The fourth-order valence-corrected chi connectivity index (χ4v) is 1.85. The number of hydrogen-bond acceptors (Lipinski definition) is 0. The Kier molecular flexibility index (Phi) is 10.9. The highest BCUT2D eigenvalue weighted by Gasteiger charge is 2.02. The second-order valence-electron chi connectivity index (χ2n) is 4.26. The molecule has 0 saturated carbocycles. The van der Waals surface area contributed by atoms with E-state index in [0.717, 1.165) is 5.57 Å². The van der Waals surface area contributed by atoms with Gasteiger partial charge >= 0.3 is 0 Å². The van der Waals surface area contributed by atoms with Crippen LogP contribution >= 0.6 is 0 Å². The van der Waals surface area contributed by atoms with Gasteiger partial charge in [0.05, 0.1) is 0 Å². The molecule has 0 nitrogen and oxygen atoms in total. The van der Waals surface area contributed by atoms with E-state index < -0.39 is 0 Å². The standard InChI is InChI=1S/C12H16.C3H8.C2H6/c1-8(2)12-10(4)6-9(3)7-11(12)5;1-3-2;1-2/h6-7H,1H2,2-5H3;3H2,1-2H3;1-2H3. The topological polar surface area (TPSA) is 0 Å². The van der Waals surface area contributed by atoms with E-state index in [-0.39, 0.29) is 0 Å². The van der Waals surface area contributed by atoms with Crippen molar-refractivity contribution in [2.45, 2.75) is 61.8 Å². The maximum atomic E-state index is 3.98. The van der Waals surface area contributed by atoms with Crippen LogP contribution in [0.25, 0.3) is 5.57 Å². The summed E-state index contributed by atoms with van der Waals surface area (Å²) >= 11 is 0. The molecule has 0 fully saturated rings. The summed E-state index contributed by atoms with van der Waals surface area (Å²) in [6.45, 7) is 20.7. The number of allylic oxidation sites excluding steroid dienone is 1. The fraction of sp³-hybridized carbons (Fsp3) is 0.529. The molecule has 0 radical (unpaired) electrons. The predicted octanol–water partition coefficient (Wildman–Crippen LogP) is 6.09. The average Bonchev–Trinajstić information content (AvgIpc) is 2.19. The number of benzene rings is 1. The first-order valence-electron chi connectivity index (χ1n) is 6.67. The molecule has 98 valence electrons. The maximum Gasteiger partial charge on any atom is -0.0174 e. The molecule has 0 spiro atoms. The Morgan fingerprint density at radius 2 is 1.29 bits per heavy atom. The molecule has 0 amide bonds. The lowest BCUT2D eigenvalue weighted by Crippen LogP contribution is -1.91. The first kappa shape index (κ1) is 18.3. The zero-order chi connectivity index (χ0) is 14.0. The summed E-state index contributed by atoms with van der Waals surface area (Å²) in [5, 5.41) is 0. The van der Waals surface area contributed by atoms with Crippen molar-refractivity contribution in [1.82, 2.24) is 0 Å². The molecule has 1 aromatic rings. The summed E-state index contributed by atoms with van der Waals surface area (Å²) in [6.07, 6.45) is 1.25. The summed E-state index contributed by atoms with van der Waals surface area (Å²) < 4.78 is 0. The molecule has 0 N–H and O–H groups in total. The first-order valence-corrected chi connectivity index (χ1v) is 6.67. The molecule has 1 rings (SSSR count). The van der Waals surface area contributed by atoms with Crippen LogP contribution in [0.3, 0.4) is 0 Å². The molecule has 0 heterocycles. The number of rotatable bonds is 1. The number of hydrogen-bond donors (Lipinski definition) is 0. The van der Waals surface area contributed by atoms with Crippen LogP contribution in [0.4, 0.5) is 0 Å². The Balaban J connectivity index is 0. The van der Waals surface area contributed by atoms with Crippen LogP contribution in [0, 0.1) is 20.8 Å². The maximum absolute atomic E-state index is 3.98. The predicted molar refractivity (Wildman–Crippen MR) is 82.7 cm³/mol. The normalized spacial score (nSPS) is 8.47. The van der Waals surface area contributed by atoms with Gasteiger partial charge in [-0.1, -0.05) is 64.0 Å². The molecule has 0 bridgehead atoms. The van der Waals surface area contributed by atoms with E-state index in [9.17, 15) is 0 Å². The van der Waals surface area contributed by atoms with Crippen LogP contribution in [-0.4, -0.2) is 0 Å². The zero-order valence-electron chi connectivity index (χ0n) is 13.1. The highest BCUT2D eigenvalue weighted by atomic mass is 14.1. The van der Waals surface area contributed by atoms with E-state index in [1.165, 1.54) is 28.7 Å². The van der Waals surface area contributed by atoms with E-state index in [1.807, 2.05) is 13.8 Å². The van der Waals surface area contributed by atoms with Crippen LogP contribution in [0.15, 0.2) is 18.7 Å². The van der Waals surface area contributed by atoms with Crippen molar-refractivity contribution < 1.29 is 0 Å². The highest BCUT2D eigenvalue weighted by molar-refractivity contribution is 5.67. The quantitative estimate of drug-likeness (QED) is 0.551. The third-order valence-corrected chi connectivity index (χ3v) is 2.10. The van der Waals surface area contributed by atoms with Crippen molar-refractivity contribution in [3.63, 3.8) is 0 Å². The average molecular weight is 234 g/mol. The van der Waals surface area contributed by atoms with E-state index >= 15 is 0 Å². The summed E-state index contributed by atoms with van der Waals surface area (Å²) in [4.78, 5) is 0. The van der Waals surface area contributed by atoms with Crippen molar-refractivity contribution in [2.24, 2.45) is 0 Å². The molecule has 0 atom stereocenters. The van der Waals surface area contributed by atoms with Gasteiger partial charge in [0.15, 0.2) is 0 Å². The van der Waals surface area contributed by atoms with Gasteiger partial charge < -0.3 is 0 Å². The molecule has 0 aliphatic heterocycles. The summed E-state index contributed by atoms with van der Waals surface area (Å²) in [6, 6.07) is 4.41. The smallest absolute Gasteiger partial charge is 0.0174 e. The van der Waals surface area contributed by atoms with E-state index in [1.54, 1.807) is 0 Å². The van der Waals surface area contributed by atoms with Gasteiger partial charge in [-0.2, -0.15) is 0 Å². The van der Waals surface area contributed by atoms with Gasteiger partial charge in [0, 0.05) is 0 Å². The highest BCUT2D eigenvalue weighted by Crippen LogP contribution is 2.22. The third kappa shape index (κ3) is 6.99. The Bertz CT molecular complexity index is 309. The van der Waals surface area contributed by atoms with Gasteiger partial charge in [0.1, 0.15) is 0 Å². The molecular weight excluding hydrogens is 204 g/mol. The van der Waals surface area contributed by atoms with Gasteiger partial charge in [-0.3, -0.25) is 0 Å². The molecule has 0 aliphatic carbocycles. The Labute approximate surface area is 109 Å². The molecule has 1 aromatic carbocycles. The molecule has 0 unspecified atom stereocenters. The molecule has 0 aromatic heterocycles. The Hall–Kier alpha value is -1.04. The minimum absolute atomic E-state index is 1.16. The summed E-state index contributed by atoms with van der Waals surface area (Å²) in [5.41, 5.74) is 6.47. The van der Waals surface area contributed by atoms with Crippen molar-refractivity contribution in [2.75, 3.05) is 0 Å². The largest absolute Gasteiger partial charge is 0.0955 e. The minimum atomic E-state index is 1.16. The fourth-order valence-electron chi connectivity index (χ4n) is 1.85. The van der Waals surface area contributed by atoms with Crippen molar-refractivity contribution in [3.05, 3.63) is 41.0 Å². The lowest BCUT2D eigenvalue weighted by atomic mass is 9.95. The van der Waals surface area contributed by atoms with Crippen molar-refractivity contribution in [1.29, 1.82) is 0 Å². The van der Waals surface area contributed by atoms with E-state index in [2.05, 4.69) is 60.3 Å². The van der Waals surface area contributed by atoms with E-state index in [0.29, 0.717) is 0 Å². The lowest BCUT2D eigenvalue weighted by molar-refractivity contribution is 1.09. The van der Waals surface area contributed by atoms with Crippen LogP contribution < -0.4 is 0 Å². The summed E-state index contributed by atoms with van der Waals surface area (Å²) in [7, 11) is 0. The summed E-state index contributed by atoms with van der Waals surface area (Å²) in [5.74, 6) is 0. The number of aryl methyl sites for hydroxylation is 3. The van der Waals surface area contributed by atoms with Crippen molar-refractivity contribution in [3.8, 4) is 0 Å². The van der Waals surface area contributed by atoms with Gasteiger partial charge in [0.2, 0.25) is 0 Å². The lowest BCUT2D eigenvalue weighted by Gasteiger charge is -2.10. The van der Waals surface area contributed by atoms with Gasteiger partial charge in [-0.05, 0) is 44.4 Å². The van der Waals surface area contributed by atoms with Crippen LogP contribution in [-0.2, 0) is 0 Å². The Morgan fingerprint density at radius 1 is 1.00 bits per heavy atom. The molecule has 0 saturated heterocycles. The first-order chi connectivity index (χ1) is 7.93. The SMILES string of the molecule is C=C(C)c1c(C)cc(C)cc1C.CC.CCC. The molecular formula is C17H30. The van der Waals surface area contributed by atoms with Gasteiger partial charge in [-0.25, -0.2) is 0 Å². The Morgan fingerprint density at radius 3 is 1.53 bits per heavy atom. The second-order valence-corrected chi connectivity index (χ2v) is 4.26. The molecule has 0 aliphatic rings. The van der Waals surface area contributed by atoms with Gasteiger partial charge in [-0.15, -0.1) is 0 Å².